The van der Waals surface area contributed by atoms with Crippen molar-refractivity contribution in [2.24, 2.45) is 0 Å². The molecule has 0 spiro atoms. The molecule has 0 aliphatic heterocycles. The average molecular weight is 280 g/mol. The highest BCUT2D eigenvalue weighted by Gasteiger charge is 2.18. The van der Waals surface area contributed by atoms with Gasteiger partial charge in [0.15, 0.2) is 0 Å². The fraction of sp³-hybridized carbons (Fsp3) is 0.600. The maximum Gasteiger partial charge on any atom is 0.492 e. The van der Waals surface area contributed by atoms with Gasteiger partial charge >= 0.3 is 7.12 Å². The van der Waals surface area contributed by atoms with Crippen molar-refractivity contribution in [2.75, 3.05) is 13.7 Å². The summed E-state index contributed by atoms with van der Waals surface area (Å²) in [6.07, 6.45) is 7.18. The zero-order valence-electron chi connectivity index (χ0n) is 12.5. The first-order valence-electron chi connectivity index (χ1n) is 7.36. The summed E-state index contributed by atoms with van der Waals surface area (Å²) >= 11 is 0. The van der Waals surface area contributed by atoms with E-state index in [4.69, 9.17) is 9.47 Å². The Hall–Kier alpha value is -1.20. The highest BCUT2D eigenvalue weighted by atomic mass is 16.5. The van der Waals surface area contributed by atoms with Crippen molar-refractivity contribution in [3.8, 4) is 11.5 Å². The van der Waals surface area contributed by atoms with E-state index < -0.39 is 7.12 Å². The van der Waals surface area contributed by atoms with E-state index in [0.29, 0.717) is 23.6 Å². The Morgan fingerprint density at radius 1 is 1.05 bits per heavy atom. The first-order valence-corrected chi connectivity index (χ1v) is 7.36. The van der Waals surface area contributed by atoms with Gasteiger partial charge in [-0.05, 0) is 24.6 Å². The summed E-state index contributed by atoms with van der Waals surface area (Å²) in [4.78, 5) is 0. The van der Waals surface area contributed by atoms with E-state index in [2.05, 4.69) is 6.92 Å². The minimum absolute atomic E-state index is 0.343. The molecule has 0 bridgehead atoms. The molecule has 2 N–H and O–H groups in total. The Morgan fingerprint density at radius 2 is 1.75 bits per heavy atom. The van der Waals surface area contributed by atoms with Crippen LogP contribution in [0.3, 0.4) is 0 Å². The van der Waals surface area contributed by atoms with Gasteiger partial charge in [0.1, 0.15) is 11.5 Å². The van der Waals surface area contributed by atoms with Crippen molar-refractivity contribution in [3.63, 3.8) is 0 Å². The average Bonchev–Trinajstić information content (AvgIpc) is 2.46. The molecule has 0 radical (unpaired) electrons. The monoisotopic (exact) mass is 280 g/mol. The highest BCUT2D eigenvalue weighted by molar-refractivity contribution is 6.59. The van der Waals surface area contributed by atoms with E-state index >= 15 is 0 Å². The molecule has 0 saturated carbocycles. The van der Waals surface area contributed by atoms with Crippen molar-refractivity contribution in [1.82, 2.24) is 0 Å². The summed E-state index contributed by atoms with van der Waals surface area (Å²) in [5.41, 5.74) is 0.343. The third-order valence-corrected chi connectivity index (χ3v) is 3.25. The van der Waals surface area contributed by atoms with Gasteiger partial charge in [-0.25, -0.2) is 0 Å². The largest absolute Gasteiger partial charge is 0.497 e. The minimum Gasteiger partial charge on any atom is -0.497 e. The summed E-state index contributed by atoms with van der Waals surface area (Å²) in [6.45, 7) is 2.80. The number of methoxy groups -OCH3 is 1. The topological polar surface area (TPSA) is 58.9 Å². The van der Waals surface area contributed by atoms with Crippen LogP contribution in [0.2, 0.25) is 0 Å². The van der Waals surface area contributed by atoms with Gasteiger partial charge in [-0.2, -0.15) is 0 Å². The van der Waals surface area contributed by atoms with Crippen LogP contribution in [0.1, 0.15) is 45.4 Å². The van der Waals surface area contributed by atoms with Gasteiger partial charge in [0.25, 0.3) is 0 Å². The van der Waals surface area contributed by atoms with Crippen LogP contribution in [0.4, 0.5) is 0 Å². The number of hydrogen-bond acceptors (Lipinski definition) is 4. The fourth-order valence-corrected chi connectivity index (χ4v) is 2.05. The molecule has 0 aromatic heterocycles. The van der Waals surface area contributed by atoms with Crippen LogP contribution in [0.15, 0.2) is 18.2 Å². The number of hydrogen-bond donors (Lipinski definition) is 2. The number of unbranched alkanes of at least 4 members (excludes halogenated alkanes) is 5. The van der Waals surface area contributed by atoms with Gasteiger partial charge in [-0.3, -0.25) is 0 Å². The van der Waals surface area contributed by atoms with Gasteiger partial charge in [0.05, 0.1) is 13.7 Å². The van der Waals surface area contributed by atoms with Crippen LogP contribution in [0, 0.1) is 0 Å². The van der Waals surface area contributed by atoms with Crippen LogP contribution in [0.25, 0.3) is 0 Å². The lowest BCUT2D eigenvalue weighted by Gasteiger charge is -2.12. The van der Waals surface area contributed by atoms with E-state index in [1.165, 1.54) is 25.7 Å². The summed E-state index contributed by atoms with van der Waals surface area (Å²) in [5.74, 6) is 1.09. The number of rotatable bonds is 10. The number of benzene rings is 1. The molecule has 1 aromatic rings. The maximum atomic E-state index is 9.34. The molecule has 0 heterocycles. The van der Waals surface area contributed by atoms with Crippen molar-refractivity contribution < 1.29 is 19.5 Å². The predicted molar refractivity (Wildman–Crippen MR) is 81.7 cm³/mol. The van der Waals surface area contributed by atoms with Crippen LogP contribution in [-0.2, 0) is 0 Å². The van der Waals surface area contributed by atoms with E-state index in [1.54, 1.807) is 25.3 Å². The maximum absolute atomic E-state index is 9.34. The molecule has 112 valence electrons. The van der Waals surface area contributed by atoms with Gasteiger partial charge in [0.2, 0.25) is 0 Å². The molecule has 0 atom stereocenters. The van der Waals surface area contributed by atoms with Gasteiger partial charge in [-0.1, -0.05) is 39.0 Å². The predicted octanol–water partition coefficient (Wildman–Crippen LogP) is 2.11. The Bertz CT molecular complexity index is 382. The van der Waals surface area contributed by atoms with Crippen molar-refractivity contribution in [2.45, 2.75) is 45.4 Å². The molecule has 0 aliphatic carbocycles. The third kappa shape index (κ3) is 5.84. The normalized spacial score (nSPS) is 10.4. The van der Waals surface area contributed by atoms with Gasteiger partial charge < -0.3 is 19.5 Å². The molecule has 0 aliphatic rings. The molecule has 20 heavy (non-hydrogen) atoms. The second-order valence-corrected chi connectivity index (χ2v) is 4.89. The van der Waals surface area contributed by atoms with Gasteiger partial charge in [0, 0.05) is 5.46 Å². The Balaban J connectivity index is 2.39. The molecule has 0 saturated heterocycles. The SMILES string of the molecule is CCCCCCCCOc1ccc(OC)cc1B(O)O. The van der Waals surface area contributed by atoms with Crippen molar-refractivity contribution in [3.05, 3.63) is 18.2 Å². The molecule has 4 nitrogen and oxygen atoms in total. The summed E-state index contributed by atoms with van der Waals surface area (Å²) in [7, 11) is -0.00988. The fourth-order valence-electron chi connectivity index (χ4n) is 2.05. The Morgan fingerprint density at radius 3 is 2.40 bits per heavy atom. The van der Waals surface area contributed by atoms with E-state index in [1.807, 2.05) is 0 Å². The van der Waals surface area contributed by atoms with E-state index in [-0.39, 0.29) is 0 Å². The quantitative estimate of drug-likeness (QED) is 0.509. The van der Waals surface area contributed by atoms with Gasteiger partial charge in [-0.15, -0.1) is 0 Å². The molecule has 0 amide bonds. The molecule has 1 aromatic carbocycles. The second-order valence-electron chi connectivity index (χ2n) is 4.89. The standard InChI is InChI=1S/C15H25BO4/c1-3-4-5-6-7-8-11-20-15-10-9-13(19-2)12-14(15)16(17)18/h9-10,12,17-18H,3-8,11H2,1-2H3. The van der Waals surface area contributed by atoms with Crippen LogP contribution < -0.4 is 14.9 Å². The molecule has 0 unspecified atom stereocenters. The third-order valence-electron chi connectivity index (χ3n) is 3.25. The molecule has 1 rings (SSSR count). The smallest absolute Gasteiger partial charge is 0.492 e. The molecule has 5 heteroatoms. The highest BCUT2D eigenvalue weighted by Crippen LogP contribution is 2.16. The first kappa shape index (κ1) is 16.9. The zero-order chi connectivity index (χ0) is 14.8. The van der Waals surface area contributed by atoms with Crippen molar-refractivity contribution >= 4 is 12.6 Å². The Labute approximate surface area is 121 Å². The lowest BCUT2D eigenvalue weighted by molar-refractivity contribution is 0.304. The molecular formula is C15H25BO4. The first-order chi connectivity index (χ1) is 9.69. The molecular weight excluding hydrogens is 255 g/mol. The Kier molecular flexibility index (Phi) is 8.15. The summed E-state index contributed by atoms with van der Waals surface area (Å²) in [6, 6.07) is 5.05. The lowest BCUT2D eigenvalue weighted by atomic mass is 9.79. The van der Waals surface area contributed by atoms with Crippen LogP contribution in [0.5, 0.6) is 11.5 Å². The van der Waals surface area contributed by atoms with E-state index in [0.717, 1.165) is 12.8 Å². The zero-order valence-corrected chi connectivity index (χ0v) is 12.5. The van der Waals surface area contributed by atoms with Crippen molar-refractivity contribution in [1.29, 1.82) is 0 Å². The minimum atomic E-state index is -1.55. The van der Waals surface area contributed by atoms with Crippen LogP contribution in [-0.4, -0.2) is 30.9 Å². The molecule has 0 fully saturated rings. The second kappa shape index (κ2) is 9.67. The van der Waals surface area contributed by atoms with Crippen LogP contribution >= 0.6 is 0 Å². The van der Waals surface area contributed by atoms with E-state index in [9.17, 15) is 10.0 Å². The number of ether oxygens (including phenoxy) is 2. The lowest BCUT2D eigenvalue weighted by Crippen LogP contribution is -2.31. The summed E-state index contributed by atoms with van der Waals surface area (Å²) in [5, 5.41) is 18.7. The summed E-state index contributed by atoms with van der Waals surface area (Å²) < 4.78 is 10.7.